The topological polar surface area (TPSA) is 38.0 Å². The highest BCUT2D eigenvalue weighted by atomic mass is 127. The molecule has 3 heteroatoms. The molecule has 0 saturated heterocycles. The van der Waals surface area contributed by atoms with E-state index in [1.54, 1.807) is 6.20 Å². The minimum atomic E-state index is 0.513. The molecule has 0 rings (SSSR count). The standard InChI is InChI=1S/C3H7IN2/c4-1-2-6-3-5/h1-2,6H,3,5H2/b2-1-. The normalized spacial score (nSPS) is 9.67. The van der Waals surface area contributed by atoms with E-state index in [2.05, 4.69) is 27.9 Å². The van der Waals surface area contributed by atoms with Gasteiger partial charge >= 0.3 is 0 Å². The fourth-order valence-electron chi connectivity index (χ4n) is 0.113. The van der Waals surface area contributed by atoms with Crippen LogP contribution in [0.4, 0.5) is 0 Å². The lowest BCUT2D eigenvalue weighted by Gasteiger charge is -1.85. The van der Waals surface area contributed by atoms with Gasteiger partial charge in [0.25, 0.3) is 0 Å². The third-order valence-corrected chi connectivity index (χ3v) is 0.658. The molecular weight excluding hydrogens is 191 g/mol. The van der Waals surface area contributed by atoms with Crippen molar-refractivity contribution in [3.05, 3.63) is 10.3 Å². The van der Waals surface area contributed by atoms with Crippen LogP contribution < -0.4 is 11.1 Å². The van der Waals surface area contributed by atoms with E-state index < -0.39 is 0 Å². The number of rotatable bonds is 2. The summed E-state index contributed by atoms with van der Waals surface area (Å²) in [4.78, 5) is 0. The van der Waals surface area contributed by atoms with Crippen molar-refractivity contribution in [2.24, 2.45) is 5.73 Å². The second kappa shape index (κ2) is 5.23. The van der Waals surface area contributed by atoms with Gasteiger partial charge in [0.05, 0.1) is 6.67 Å². The molecule has 36 valence electrons. The van der Waals surface area contributed by atoms with E-state index in [0.29, 0.717) is 6.67 Å². The zero-order valence-electron chi connectivity index (χ0n) is 3.32. The number of hydrogen-bond donors (Lipinski definition) is 2. The van der Waals surface area contributed by atoms with Crippen LogP contribution in [0.1, 0.15) is 0 Å². The smallest absolute Gasteiger partial charge is 0.0622 e. The SMILES string of the molecule is NCN/C=C\I. The van der Waals surface area contributed by atoms with Crippen LogP contribution >= 0.6 is 22.6 Å². The van der Waals surface area contributed by atoms with Crippen LogP contribution in [0.5, 0.6) is 0 Å². The second-order valence-electron chi connectivity index (χ2n) is 0.701. The Morgan fingerprint density at radius 2 is 2.50 bits per heavy atom. The molecule has 0 saturated carbocycles. The zero-order chi connectivity index (χ0) is 4.83. The number of halogens is 1. The van der Waals surface area contributed by atoms with Gasteiger partial charge in [0.15, 0.2) is 0 Å². The molecule has 0 spiro atoms. The average Bonchev–Trinajstić information content (AvgIpc) is 1.61. The second-order valence-corrected chi connectivity index (χ2v) is 1.42. The van der Waals surface area contributed by atoms with Crippen molar-refractivity contribution in [2.45, 2.75) is 0 Å². The first-order valence-electron chi connectivity index (χ1n) is 1.60. The molecular formula is C3H7IN2. The first-order valence-corrected chi connectivity index (χ1v) is 2.85. The van der Waals surface area contributed by atoms with Gasteiger partial charge in [-0.2, -0.15) is 0 Å². The molecule has 0 aromatic heterocycles. The van der Waals surface area contributed by atoms with E-state index in [0.717, 1.165) is 0 Å². The lowest BCUT2D eigenvalue weighted by molar-refractivity contribution is 0.886. The average molecular weight is 198 g/mol. The minimum absolute atomic E-state index is 0.513. The van der Waals surface area contributed by atoms with E-state index in [1.807, 2.05) is 4.08 Å². The Hall–Kier alpha value is 0.230. The maximum atomic E-state index is 5.05. The Balaban J connectivity index is 2.66. The fraction of sp³-hybridized carbons (Fsp3) is 0.333. The van der Waals surface area contributed by atoms with Crippen LogP contribution in [0.15, 0.2) is 10.3 Å². The molecule has 0 unspecified atom stereocenters. The van der Waals surface area contributed by atoms with Gasteiger partial charge in [-0.05, 0) is 4.08 Å². The van der Waals surface area contributed by atoms with Crippen LogP contribution in [0.25, 0.3) is 0 Å². The number of hydrogen-bond acceptors (Lipinski definition) is 2. The molecule has 0 aromatic carbocycles. The summed E-state index contributed by atoms with van der Waals surface area (Å²) in [5, 5.41) is 2.79. The molecule has 0 radical (unpaired) electrons. The molecule has 0 bridgehead atoms. The van der Waals surface area contributed by atoms with Crippen LogP contribution in [-0.2, 0) is 0 Å². The Kier molecular flexibility index (Phi) is 5.43. The minimum Gasteiger partial charge on any atom is -0.378 e. The largest absolute Gasteiger partial charge is 0.378 e. The summed E-state index contributed by atoms with van der Waals surface area (Å²) < 4.78 is 1.87. The number of nitrogens with one attached hydrogen (secondary N) is 1. The van der Waals surface area contributed by atoms with Crippen molar-refractivity contribution >= 4 is 22.6 Å². The summed E-state index contributed by atoms with van der Waals surface area (Å²) in [6.45, 7) is 0.513. The first kappa shape index (κ1) is 6.23. The van der Waals surface area contributed by atoms with Crippen molar-refractivity contribution in [1.82, 2.24) is 5.32 Å². The van der Waals surface area contributed by atoms with Gasteiger partial charge in [-0.3, -0.25) is 0 Å². The lowest BCUT2D eigenvalue weighted by atomic mass is 10.9. The Morgan fingerprint density at radius 1 is 1.83 bits per heavy atom. The molecule has 0 aliphatic heterocycles. The molecule has 0 aliphatic rings. The van der Waals surface area contributed by atoms with Gasteiger partial charge in [0.2, 0.25) is 0 Å². The van der Waals surface area contributed by atoms with E-state index >= 15 is 0 Å². The monoisotopic (exact) mass is 198 g/mol. The van der Waals surface area contributed by atoms with Crippen molar-refractivity contribution in [3.8, 4) is 0 Å². The fourth-order valence-corrected chi connectivity index (χ4v) is 0.367. The molecule has 6 heavy (non-hydrogen) atoms. The van der Waals surface area contributed by atoms with Crippen LogP contribution in [0.2, 0.25) is 0 Å². The quantitative estimate of drug-likeness (QED) is 0.497. The third kappa shape index (κ3) is 4.23. The summed E-state index contributed by atoms with van der Waals surface area (Å²) in [5.74, 6) is 0. The van der Waals surface area contributed by atoms with Crippen molar-refractivity contribution in [2.75, 3.05) is 6.67 Å². The zero-order valence-corrected chi connectivity index (χ0v) is 5.47. The maximum absolute atomic E-state index is 5.05. The molecule has 2 nitrogen and oxygen atoms in total. The summed E-state index contributed by atoms with van der Waals surface area (Å²) in [5.41, 5.74) is 5.05. The molecule has 0 aromatic rings. The predicted molar refractivity (Wildman–Crippen MR) is 35.4 cm³/mol. The summed E-state index contributed by atoms with van der Waals surface area (Å²) >= 11 is 2.11. The molecule has 0 atom stereocenters. The lowest BCUT2D eigenvalue weighted by Crippen LogP contribution is -2.15. The Labute approximate surface area is 50.9 Å². The number of nitrogens with two attached hydrogens (primary N) is 1. The summed E-state index contributed by atoms with van der Waals surface area (Å²) in [7, 11) is 0. The van der Waals surface area contributed by atoms with Gasteiger partial charge in [-0.1, -0.05) is 22.6 Å². The van der Waals surface area contributed by atoms with Gasteiger partial charge in [-0.15, -0.1) is 0 Å². The highest BCUT2D eigenvalue weighted by molar-refractivity contribution is 14.1. The maximum Gasteiger partial charge on any atom is 0.0622 e. The first-order chi connectivity index (χ1) is 2.91. The van der Waals surface area contributed by atoms with Crippen LogP contribution in [0.3, 0.4) is 0 Å². The summed E-state index contributed by atoms with van der Waals surface area (Å²) in [6.07, 6.45) is 1.79. The molecule has 0 aliphatic carbocycles. The predicted octanol–water partition coefficient (Wildman–Crippen LogP) is 0.398. The highest BCUT2D eigenvalue weighted by Gasteiger charge is 1.58. The highest BCUT2D eigenvalue weighted by Crippen LogP contribution is 1.76. The molecule has 0 fully saturated rings. The van der Waals surface area contributed by atoms with Crippen molar-refractivity contribution in [1.29, 1.82) is 0 Å². The van der Waals surface area contributed by atoms with Crippen LogP contribution in [-0.4, -0.2) is 6.67 Å². The van der Waals surface area contributed by atoms with E-state index in [9.17, 15) is 0 Å². The molecule has 0 amide bonds. The third-order valence-electron chi connectivity index (χ3n) is 0.299. The van der Waals surface area contributed by atoms with Gasteiger partial charge < -0.3 is 11.1 Å². The Bertz CT molecular complexity index is 44.1. The van der Waals surface area contributed by atoms with Crippen molar-refractivity contribution < 1.29 is 0 Å². The van der Waals surface area contributed by atoms with E-state index in [4.69, 9.17) is 5.73 Å². The van der Waals surface area contributed by atoms with E-state index in [-0.39, 0.29) is 0 Å². The van der Waals surface area contributed by atoms with Gasteiger partial charge in [0, 0.05) is 6.20 Å². The Morgan fingerprint density at radius 3 is 2.67 bits per heavy atom. The van der Waals surface area contributed by atoms with E-state index in [1.165, 1.54) is 0 Å². The van der Waals surface area contributed by atoms with Crippen LogP contribution in [0, 0.1) is 0 Å². The molecule has 0 heterocycles. The summed E-state index contributed by atoms with van der Waals surface area (Å²) in [6, 6.07) is 0. The van der Waals surface area contributed by atoms with Gasteiger partial charge in [-0.25, -0.2) is 0 Å². The molecule has 3 N–H and O–H groups in total. The van der Waals surface area contributed by atoms with Gasteiger partial charge in [0.1, 0.15) is 0 Å². The van der Waals surface area contributed by atoms with Crippen molar-refractivity contribution in [3.63, 3.8) is 0 Å².